The van der Waals surface area contributed by atoms with Crippen LogP contribution in [0.4, 0.5) is 0 Å². The number of ether oxygens (including phenoxy) is 4. The fourth-order valence-corrected chi connectivity index (χ4v) is 8.54. The summed E-state index contributed by atoms with van der Waals surface area (Å²) in [5.41, 5.74) is 0. The van der Waals surface area contributed by atoms with E-state index in [1.54, 1.807) is 0 Å². The number of aliphatic hydroxyl groups excluding tert-OH is 3. The molecule has 4 N–H and O–H groups in total. The normalized spacial score (nSPS) is 20.0. The van der Waals surface area contributed by atoms with Crippen LogP contribution in [0, 0.1) is 0 Å². The van der Waals surface area contributed by atoms with Crippen molar-refractivity contribution < 1.29 is 56.2 Å². The minimum atomic E-state index is -5.06. The van der Waals surface area contributed by atoms with Crippen LogP contribution in [0.5, 0.6) is 0 Å². The molecular formula is C49H94O12S. The van der Waals surface area contributed by atoms with Crippen molar-refractivity contribution >= 4 is 16.4 Å². The van der Waals surface area contributed by atoms with Crippen LogP contribution < -0.4 is 0 Å². The first kappa shape index (κ1) is 58.9. The van der Waals surface area contributed by atoms with E-state index in [0.29, 0.717) is 13.0 Å². The van der Waals surface area contributed by atoms with Gasteiger partial charge in [-0.25, -0.2) is 4.18 Å². The molecule has 62 heavy (non-hydrogen) atoms. The number of esters is 1. The second kappa shape index (κ2) is 41.3. The van der Waals surface area contributed by atoms with E-state index in [4.69, 9.17) is 23.5 Å². The Morgan fingerprint density at radius 1 is 0.597 bits per heavy atom. The van der Waals surface area contributed by atoms with Crippen molar-refractivity contribution in [2.24, 2.45) is 0 Å². The maximum absolute atomic E-state index is 12.9. The lowest BCUT2D eigenvalue weighted by molar-refractivity contribution is -0.301. The molecular weight excluding hydrogens is 813 g/mol. The first-order valence-electron chi connectivity index (χ1n) is 25.4. The van der Waals surface area contributed by atoms with Crippen molar-refractivity contribution in [1.82, 2.24) is 0 Å². The third-order valence-electron chi connectivity index (χ3n) is 11.9. The van der Waals surface area contributed by atoms with E-state index in [0.717, 1.165) is 51.4 Å². The molecule has 13 heteroatoms. The summed E-state index contributed by atoms with van der Waals surface area (Å²) in [6.45, 7) is 3.96. The quantitative estimate of drug-likeness (QED) is 0.0197. The first-order valence-corrected chi connectivity index (χ1v) is 26.8. The number of carbonyl (C=O) groups excluding carboxylic acids is 1. The van der Waals surface area contributed by atoms with Crippen molar-refractivity contribution in [2.45, 2.75) is 269 Å². The molecule has 1 heterocycles. The highest BCUT2D eigenvalue weighted by Crippen LogP contribution is 2.26. The summed E-state index contributed by atoms with van der Waals surface area (Å²) in [6.07, 6.45) is 36.9. The van der Waals surface area contributed by atoms with E-state index >= 15 is 0 Å². The van der Waals surface area contributed by atoms with E-state index in [-0.39, 0.29) is 19.6 Å². The molecule has 1 aliphatic rings. The number of rotatable bonds is 45. The van der Waals surface area contributed by atoms with E-state index in [2.05, 4.69) is 30.2 Å². The molecule has 0 saturated carbocycles. The standard InChI is InChI=1S/C49H94O12S/c1-3-5-7-9-11-13-15-16-17-18-19-20-21-22-23-24-25-26-27-28-30-32-34-36-38-45(51)59-43(41-57-39-37-35-33-31-29-14-12-10-8-6-4-2)42-58-49-47(53)48(61-62(54,55)56)46(52)44(40-50)60-49/h8,10,43-44,46-50,52-53H,3-7,9,11-42H2,1-2H3,(H,54,55,56)/b10-8-. The monoisotopic (exact) mass is 907 g/mol. The third kappa shape index (κ3) is 34.2. The largest absolute Gasteiger partial charge is 0.457 e. The molecule has 0 amide bonds. The van der Waals surface area contributed by atoms with E-state index in [1.807, 2.05) is 0 Å². The zero-order valence-corrected chi connectivity index (χ0v) is 40.3. The summed E-state index contributed by atoms with van der Waals surface area (Å²) in [5.74, 6) is -0.396. The number of unbranched alkanes of at least 4 members (excludes halogenated alkanes) is 30. The second-order valence-corrected chi connectivity index (χ2v) is 18.8. The molecule has 0 aromatic carbocycles. The number of hydrogen-bond donors (Lipinski definition) is 4. The van der Waals surface area contributed by atoms with Crippen molar-refractivity contribution in [1.29, 1.82) is 0 Å². The molecule has 1 fully saturated rings. The smallest absolute Gasteiger partial charge is 0.397 e. The van der Waals surface area contributed by atoms with Gasteiger partial charge in [-0.05, 0) is 32.1 Å². The minimum Gasteiger partial charge on any atom is -0.457 e. The molecule has 0 aromatic rings. The van der Waals surface area contributed by atoms with Crippen LogP contribution in [-0.4, -0.2) is 97.5 Å². The van der Waals surface area contributed by atoms with Crippen molar-refractivity contribution in [3.63, 3.8) is 0 Å². The maximum Gasteiger partial charge on any atom is 0.397 e. The Balaban J connectivity index is 2.28. The molecule has 6 atom stereocenters. The fourth-order valence-electron chi connectivity index (χ4n) is 8.03. The molecule has 0 bridgehead atoms. The first-order chi connectivity index (χ1) is 30.1. The Morgan fingerprint density at radius 2 is 1.05 bits per heavy atom. The Morgan fingerprint density at radius 3 is 1.52 bits per heavy atom. The number of carbonyl (C=O) groups is 1. The topological polar surface area (TPSA) is 178 Å². The Hall–Kier alpha value is -1.16. The molecule has 1 saturated heterocycles. The lowest BCUT2D eigenvalue weighted by atomic mass is 9.99. The average Bonchev–Trinajstić information content (AvgIpc) is 3.24. The van der Waals surface area contributed by atoms with Crippen LogP contribution >= 0.6 is 0 Å². The van der Waals surface area contributed by atoms with Gasteiger partial charge in [0, 0.05) is 13.0 Å². The van der Waals surface area contributed by atoms with Crippen molar-refractivity contribution in [3.05, 3.63) is 12.2 Å². The van der Waals surface area contributed by atoms with E-state index in [9.17, 15) is 28.5 Å². The van der Waals surface area contributed by atoms with Gasteiger partial charge in [0.05, 0.1) is 19.8 Å². The van der Waals surface area contributed by atoms with Crippen molar-refractivity contribution in [2.75, 3.05) is 26.4 Å². The molecule has 368 valence electrons. The van der Waals surface area contributed by atoms with Gasteiger partial charge in [-0.1, -0.05) is 206 Å². The lowest BCUT2D eigenvalue weighted by Crippen LogP contribution is -2.60. The zero-order valence-electron chi connectivity index (χ0n) is 39.5. The van der Waals surface area contributed by atoms with Crippen molar-refractivity contribution in [3.8, 4) is 0 Å². The molecule has 0 aromatic heterocycles. The number of hydrogen-bond acceptors (Lipinski definition) is 11. The Bertz CT molecular complexity index is 1140. The summed E-state index contributed by atoms with van der Waals surface area (Å²) >= 11 is 0. The summed E-state index contributed by atoms with van der Waals surface area (Å²) < 4.78 is 59.1. The van der Waals surface area contributed by atoms with Gasteiger partial charge >= 0.3 is 16.4 Å². The van der Waals surface area contributed by atoms with Gasteiger partial charge in [-0.3, -0.25) is 9.35 Å². The molecule has 1 rings (SSSR count). The molecule has 6 unspecified atom stereocenters. The van der Waals surface area contributed by atoms with Crippen LogP contribution in [-0.2, 0) is 38.3 Å². The van der Waals surface area contributed by atoms with Crippen LogP contribution in [0.3, 0.4) is 0 Å². The molecule has 0 spiro atoms. The predicted octanol–water partition coefficient (Wildman–Crippen LogP) is 11.4. The highest BCUT2D eigenvalue weighted by molar-refractivity contribution is 7.80. The van der Waals surface area contributed by atoms with Gasteiger partial charge in [0.2, 0.25) is 0 Å². The maximum atomic E-state index is 12.9. The number of aliphatic hydroxyl groups is 3. The fraction of sp³-hybridized carbons (Fsp3) is 0.939. The summed E-state index contributed by atoms with van der Waals surface area (Å²) in [4.78, 5) is 12.9. The molecule has 12 nitrogen and oxygen atoms in total. The summed E-state index contributed by atoms with van der Waals surface area (Å²) in [7, 11) is -5.06. The number of allylic oxidation sites excluding steroid dienone is 2. The Kier molecular flexibility index (Phi) is 39.2. The zero-order chi connectivity index (χ0) is 45.4. The predicted molar refractivity (Wildman–Crippen MR) is 248 cm³/mol. The van der Waals surface area contributed by atoms with Gasteiger partial charge in [0.25, 0.3) is 0 Å². The average molecular weight is 907 g/mol. The van der Waals surface area contributed by atoms with Gasteiger partial charge in [0.1, 0.15) is 30.5 Å². The van der Waals surface area contributed by atoms with E-state index in [1.165, 1.54) is 154 Å². The van der Waals surface area contributed by atoms with Gasteiger partial charge in [0.15, 0.2) is 6.29 Å². The van der Waals surface area contributed by atoms with Crippen LogP contribution in [0.15, 0.2) is 12.2 Å². The van der Waals surface area contributed by atoms with Crippen LogP contribution in [0.1, 0.15) is 232 Å². The third-order valence-corrected chi connectivity index (χ3v) is 12.3. The van der Waals surface area contributed by atoms with Crippen LogP contribution in [0.25, 0.3) is 0 Å². The lowest BCUT2D eigenvalue weighted by Gasteiger charge is -2.41. The Labute approximate surface area is 379 Å². The molecule has 0 aliphatic carbocycles. The summed E-state index contributed by atoms with van der Waals surface area (Å²) in [6, 6.07) is 0. The highest BCUT2D eigenvalue weighted by Gasteiger charge is 2.48. The van der Waals surface area contributed by atoms with Gasteiger partial charge in [-0.15, -0.1) is 0 Å². The highest BCUT2D eigenvalue weighted by atomic mass is 32.3. The minimum absolute atomic E-state index is 0.0368. The van der Waals surface area contributed by atoms with Gasteiger partial charge in [-0.2, -0.15) is 8.42 Å². The molecule has 0 radical (unpaired) electrons. The molecule has 1 aliphatic heterocycles. The van der Waals surface area contributed by atoms with Gasteiger partial charge < -0.3 is 34.3 Å². The van der Waals surface area contributed by atoms with E-state index < -0.39 is 59.8 Å². The second-order valence-electron chi connectivity index (χ2n) is 17.8. The SMILES string of the molecule is CCC/C=C\CCCCCCCCOCC(COC1OC(CO)C(O)C(OS(=O)(=O)O)C1O)OC(=O)CCCCCCCCCCCCCCCCCCCCCCCCCC. The van der Waals surface area contributed by atoms with Crippen LogP contribution in [0.2, 0.25) is 0 Å². The summed E-state index contributed by atoms with van der Waals surface area (Å²) in [5, 5.41) is 30.7.